The summed E-state index contributed by atoms with van der Waals surface area (Å²) in [6.07, 6.45) is 1.40. The van der Waals surface area contributed by atoms with Crippen molar-refractivity contribution in [2.24, 2.45) is 0 Å². The first kappa shape index (κ1) is 20.9. The van der Waals surface area contributed by atoms with Gasteiger partial charge in [0.1, 0.15) is 6.04 Å². The molecule has 160 valence electrons. The van der Waals surface area contributed by atoms with Crippen LogP contribution >= 0.6 is 11.6 Å². The van der Waals surface area contributed by atoms with Crippen molar-refractivity contribution in [2.75, 3.05) is 18.9 Å². The Labute approximate surface area is 185 Å². The third kappa shape index (κ3) is 4.88. The molecule has 1 N–H and O–H groups in total. The van der Waals surface area contributed by atoms with Gasteiger partial charge in [0.05, 0.1) is 0 Å². The minimum Gasteiger partial charge on any atom is -0.354 e. The van der Waals surface area contributed by atoms with E-state index in [0.717, 1.165) is 17.5 Å². The number of aromatic nitrogens is 1. The number of halogens is 1. The van der Waals surface area contributed by atoms with E-state index in [2.05, 4.69) is 10.5 Å². The molecule has 2 heterocycles. The van der Waals surface area contributed by atoms with E-state index in [0.29, 0.717) is 36.1 Å². The molecule has 3 aromatic rings. The third-order valence-electron chi connectivity index (χ3n) is 5.31. The Morgan fingerprint density at radius 3 is 2.68 bits per heavy atom. The number of anilines is 1. The smallest absolute Gasteiger partial charge is 0.323 e. The SMILES string of the molecule is CN(Cc1ccc(Cl)cc1)C(=O)[C@H]1CCCN1C(=O)Nc1cc(-c2ccccc2)on1. The summed E-state index contributed by atoms with van der Waals surface area (Å²) in [6, 6.07) is 17.7. The Balaban J connectivity index is 1.39. The zero-order chi connectivity index (χ0) is 21.8. The second-order valence-electron chi connectivity index (χ2n) is 7.54. The van der Waals surface area contributed by atoms with Crippen LogP contribution in [0.2, 0.25) is 5.02 Å². The van der Waals surface area contributed by atoms with Gasteiger partial charge in [-0.05, 0) is 30.5 Å². The van der Waals surface area contributed by atoms with Crippen molar-refractivity contribution in [3.05, 3.63) is 71.2 Å². The number of hydrogen-bond donors (Lipinski definition) is 1. The van der Waals surface area contributed by atoms with Crippen LogP contribution in [0.25, 0.3) is 11.3 Å². The molecule has 0 saturated carbocycles. The topological polar surface area (TPSA) is 78.7 Å². The van der Waals surface area contributed by atoms with Gasteiger partial charge in [-0.25, -0.2) is 4.79 Å². The number of likely N-dealkylation sites (tertiary alicyclic amines) is 1. The zero-order valence-electron chi connectivity index (χ0n) is 17.1. The maximum absolute atomic E-state index is 13.0. The predicted molar refractivity (Wildman–Crippen MR) is 119 cm³/mol. The molecule has 1 aromatic heterocycles. The molecule has 0 bridgehead atoms. The summed E-state index contributed by atoms with van der Waals surface area (Å²) < 4.78 is 5.33. The first-order chi connectivity index (χ1) is 15.0. The molecule has 1 aliphatic rings. The summed E-state index contributed by atoms with van der Waals surface area (Å²) in [4.78, 5) is 29.1. The van der Waals surface area contributed by atoms with E-state index in [-0.39, 0.29) is 11.9 Å². The molecule has 1 saturated heterocycles. The molecule has 1 atom stereocenters. The number of hydrogen-bond acceptors (Lipinski definition) is 4. The molecule has 1 fully saturated rings. The predicted octanol–water partition coefficient (Wildman–Crippen LogP) is 4.65. The quantitative estimate of drug-likeness (QED) is 0.628. The van der Waals surface area contributed by atoms with Crippen molar-refractivity contribution in [3.63, 3.8) is 0 Å². The molecule has 8 heteroatoms. The van der Waals surface area contributed by atoms with Gasteiger partial charge in [0.25, 0.3) is 0 Å². The summed E-state index contributed by atoms with van der Waals surface area (Å²) in [5.41, 5.74) is 1.85. The minimum absolute atomic E-state index is 0.0901. The highest BCUT2D eigenvalue weighted by Gasteiger charge is 2.36. The van der Waals surface area contributed by atoms with Crippen LogP contribution in [0.4, 0.5) is 10.6 Å². The maximum Gasteiger partial charge on any atom is 0.323 e. The molecule has 0 unspecified atom stereocenters. The number of nitrogens with zero attached hydrogens (tertiary/aromatic N) is 3. The van der Waals surface area contributed by atoms with Gasteiger partial charge in [0.15, 0.2) is 11.6 Å². The molecule has 1 aliphatic heterocycles. The van der Waals surface area contributed by atoms with Gasteiger partial charge in [-0.15, -0.1) is 0 Å². The summed E-state index contributed by atoms with van der Waals surface area (Å²) in [6.45, 7) is 0.964. The van der Waals surface area contributed by atoms with E-state index in [4.69, 9.17) is 16.1 Å². The van der Waals surface area contributed by atoms with E-state index in [1.807, 2.05) is 42.5 Å². The number of likely N-dealkylation sites (N-methyl/N-ethyl adjacent to an activating group) is 1. The molecule has 0 radical (unpaired) electrons. The van der Waals surface area contributed by atoms with Crippen LogP contribution in [0, 0.1) is 0 Å². The monoisotopic (exact) mass is 438 g/mol. The Hall–Kier alpha value is -3.32. The van der Waals surface area contributed by atoms with E-state index >= 15 is 0 Å². The van der Waals surface area contributed by atoms with Gasteiger partial charge in [-0.2, -0.15) is 0 Å². The molecule has 4 rings (SSSR count). The van der Waals surface area contributed by atoms with Gasteiger partial charge < -0.3 is 14.3 Å². The normalized spacial score (nSPS) is 15.7. The highest BCUT2D eigenvalue weighted by Crippen LogP contribution is 2.24. The second kappa shape index (κ2) is 9.22. The standard InChI is InChI=1S/C23H23ClN4O3/c1-27(15-16-9-11-18(24)12-10-16)22(29)19-8-5-13-28(19)23(30)25-21-14-20(31-26-21)17-6-3-2-4-7-17/h2-4,6-7,9-12,14,19H,5,8,13,15H2,1H3,(H,25,26,30)/t19-/m1/s1. The second-order valence-corrected chi connectivity index (χ2v) is 7.98. The van der Waals surface area contributed by atoms with E-state index in [9.17, 15) is 9.59 Å². The summed E-state index contributed by atoms with van der Waals surface area (Å²) in [5.74, 6) is 0.789. The van der Waals surface area contributed by atoms with Crippen molar-refractivity contribution in [3.8, 4) is 11.3 Å². The van der Waals surface area contributed by atoms with Crippen molar-refractivity contribution in [1.82, 2.24) is 15.0 Å². The lowest BCUT2D eigenvalue weighted by Gasteiger charge is -2.28. The largest absolute Gasteiger partial charge is 0.354 e. The fourth-order valence-electron chi connectivity index (χ4n) is 3.72. The Kier molecular flexibility index (Phi) is 6.23. The van der Waals surface area contributed by atoms with Crippen LogP contribution in [0.3, 0.4) is 0 Å². The summed E-state index contributed by atoms with van der Waals surface area (Å²) >= 11 is 5.93. The van der Waals surface area contributed by atoms with Crippen molar-refractivity contribution in [1.29, 1.82) is 0 Å². The molecule has 3 amide bonds. The molecular weight excluding hydrogens is 416 g/mol. The van der Waals surface area contributed by atoms with E-state index < -0.39 is 6.04 Å². The van der Waals surface area contributed by atoms with Gasteiger partial charge in [-0.1, -0.05) is 59.2 Å². The van der Waals surface area contributed by atoms with Crippen molar-refractivity contribution >= 4 is 29.4 Å². The Bertz CT molecular complexity index is 1050. The van der Waals surface area contributed by atoms with Gasteiger partial charge in [-0.3, -0.25) is 10.1 Å². The highest BCUT2D eigenvalue weighted by atomic mass is 35.5. The number of urea groups is 1. The Morgan fingerprint density at radius 2 is 1.94 bits per heavy atom. The number of carbonyl (C=O) groups excluding carboxylic acids is 2. The lowest BCUT2D eigenvalue weighted by atomic mass is 10.1. The van der Waals surface area contributed by atoms with Crippen LogP contribution in [-0.4, -0.2) is 46.5 Å². The van der Waals surface area contributed by atoms with Crippen LogP contribution < -0.4 is 5.32 Å². The van der Waals surface area contributed by atoms with E-state index in [1.54, 1.807) is 35.0 Å². The molecule has 2 aromatic carbocycles. The molecule has 0 spiro atoms. The summed E-state index contributed by atoms with van der Waals surface area (Å²) in [7, 11) is 1.75. The van der Waals surface area contributed by atoms with Crippen LogP contribution in [0.5, 0.6) is 0 Å². The summed E-state index contributed by atoms with van der Waals surface area (Å²) in [5, 5.41) is 7.34. The number of carbonyl (C=O) groups is 2. The van der Waals surface area contributed by atoms with Crippen molar-refractivity contribution < 1.29 is 14.1 Å². The van der Waals surface area contributed by atoms with Crippen LogP contribution in [-0.2, 0) is 11.3 Å². The Morgan fingerprint density at radius 1 is 1.19 bits per heavy atom. The molecule has 7 nitrogen and oxygen atoms in total. The molecule has 31 heavy (non-hydrogen) atoms. The van der Waals surface area contributed by atoms with Gasteiger partial charge >= 0.3 is 6.03 Å². The lowest BCUT2D eigenvalue weighted by molar-refractivity contribution is -0.134. The van der Waals surface area contributed by atoms with Gasteiger partial charge in [0.2, 0.25) is 5.91 Å². The number of nitrogens with one attached hydrogen (secondary N) is 1. The fraction of sp³-hybridized carbons (Fsp3) is 0.261. The average Bonchev–Trinajstić information content (AvgIpc) is 3.45. The maximum atomic E-state index is 13.0. The lowest BCUT2D eigenvalue weighted by Crippen LogP contribution is -2.47. The number of rotatable bonds is 5. The number of amides is 3. The van der Waals surface area contributed by atoms with Crippen LogP contribution in [0.1, 0.15) is 18.4 Å². The number of benzene rings is 2. The third-order valence-corrected chi connectivity index (χ3v) is 5.56. The van der Waals surface area contributed by atoms with Crippen molar-refractivity contribution in [2.45, 2.75) is 25.4 Å². The first-order valence-corrected chi connectivity index (χ1v) is 10.5. The van der Waals surface area contributed by atoms with E-state index in [1.165, 1.54) is 0 Å². The fourth-order valence-corrected chi connectivity index (χ4v) is 3.84. The minimum atomic E-state index is -0.502. The van der Waals surface area contributed by atoms with Gasteiger partial charge in [0, 0.05) is 36.8 Å². The first-order valence-electron chi connectivity index (χ1n) is 10.1. The molecule has 0 aliphatic carbocycles. The zero-order valence-corrected chi connectivity index (χ0v) is 17.9. The van der Waals surface area contributed by atoms with Crippen LogP contribution in [0.15, 0.2) is 65.2 Å². The average molecular weight is 439 g/mol. The highest BCUT2D eigenvalue weighted by molar-refractivity contribution is 6.30. The molecular formula is C23H23ClN4O3.